The minimum atomic E-state index is -0.836. The molecule has 0 radical (unpaired) electrons. The lowest BCUT2D eigenvalue weighted by molar-refractivity contribution is -0.133. The zero-order chi connectivity index (χ0) is 20.7. The van der Waals surface area contributed by atoms with Crippen LogP contribution in [0.25, 0.3) is 0 Å². The molecule has 0 heterocycles. The molecule has 2 N–H and O–H groups in total. The van der Waals surface area contributed by atoms with Gasteiger partial charge in [-0.2, -0.15) is 0 Å². The molecule has 0 spiro atoms. The van der Waals surface area contributed by atoms with E-state index in [1.54, 1.807) is 24.3 Å². The van der Waals surface area contributed by atoms with Gasteiger partial charge in [0.1, 0.15) is 5.75 Å². The van der Waals surface area contributed by atoms with Crippen LogP contribution in [-0.4, -0.2) is 39.2 Å². The fourth-order valence-corrected chi connectivity index (χ4v) is 2.42. The summed E-state index contributed by atoms with van der Waals surface area (Å²) in [6.07, 6.45) is 0.0460. The van der Waals surface area contributed by atoms with Gasteiger partial charge in [0.25, 0.3) is 0 Å². The molecule has 2 aromatic rings. The second-order valence-corrected chi connectivity index (χ2v) is 6.01. The third-order valence-corrected chi connectivity index (χ3v) is 3.61. The molecule has 0 aliphatic rings. The quantitative estimate of drug-likeness (QED) is 0.708. The fraction of sp³-hybridized carbons (Fsp3) is 0.300. The van der Waals surface area contributed by atoms with Crippen LogP contribution < -0.4 is 29.6 Å². The molecule has 0 atom stereocenters. The summed E-state index contributed by atoms with van der Waals surface area (Å²) in [6.45, 7) is 3.84. The molecule has 0 saturated carbocycles. The number of methoxy groups -OCH3 is 3. The van der Waals surface area contributed by atoms with Crippen LogP contribution in [0.4, 0.5) is 11.4 Å². The summed E-state index contributed by atoms with van der Waals surface area (Å²) in [5.41, 5.74) is 0.802. The van der Waals surface area contributed by atoms with Crippen LogP contribution >= 0.6 is 0 Å². The first kappa shape index (κ1) is 20.9. The summed E-state index contributed by atoms with van der Waals surface area (Å²) < 4.78 is 21.2. The van der Waals surface area contributed by atoms with E-state index in [0.717, 1.165) is 0 Å². The Bertz CT molecular complexity index is 808. The number of amides is 2. The van der Waals surface area contributed by atoms with Crippen molar-refractivity contribution in [3.63, 3.8) is 0 Å². The number of carbonyl (C=O) groups excluding carboxylic acids is 2. The van der Waals surface area contributed by atoms with Crippen molar-refractivity contribution in [1.82, 2.24) is 0 Å². The largest absolute Gasteiger partial charge is 0.493 e. The lowest BCUT2D eigenvalue weighted by atomic mass is 10.2. The van der Waals surface area contributed by atoms with Gasteiger partial charge in [0.2, 0.25) is 5.75 Å². The van der Waals surface area contributed by atoms with Crippen LogP contribution in [0.3, 0.4) is 0 Å². The van der Waals surface area contributed by atoms with Gasteiger partial charge in [-0.1, -0.05) is 0 Å². The molecule has 0 fully saturated rings. The Kier molecular flexibility index (Phi) is 7.08. The molecule has 0 aliphatic heterocycles. The second kappa shape index (κ2) is 9.50. The third kappa shape index (κ3) is 5.29. The number of carbonyl (C=O) groups is 2. The smallest absolute Gasteiger partial charge is 0.314 e. The molecular weight excluding hydrogens is 364 g/mol. The highest BCUT2D eigenvalue weighted by molar-refractivity contribution is 6.43. The number of hydrogen-bond acceptors (Lipinski definition) is 6. The third-order valence-electron chi connectivity index (χ3n) is 3.61. The van der Waals surface area contributed by atoms with Crippen molar-refractivity contribution < 1.29 is 28.5 Å². The monoisotopic (exact) mass is 388 g/mol. The van der Waals surface area contributed by atoms with Crippen molar-refractivity contribution in [2.45, 2.75) is 20.0 Å². The summed E-state index contributed by atoms with van der Waals surface area (Å²) in [5.74, 6) is 0.130. The van der Waals surface area contributed by atoms with E-state index in [1.807, 2.05) is 13.8 Å². The van der Waals surface area contributed by atoms with Crippen LogP contribution in [0.15, 0.2) is 36.4 Å². The Morgan fingerprint density at radius 3 is 1.71 bits per heavy atom. The van der Waals surface area contributed by atoms with Gasteiger partial charge in [0, 0.05) is 23.5 Å². The fourth-order valence-electron chi connectivity index (χ4n) is 2.42. The molecule has 8 nitrogen and oxygen atoms in total. The van der Waals surface area contributed by atoms with Crippen molar-refractivity contribution in [3.8, 4) is 23.0 Å². The van der Waals surface area contributed by atoms with Crippen LogP contribution in [0.1, 0.15) is 13.8 Å². The minimum absolute atomic E-state index is 0.0460. The average molecular weight is 388 g/mol. The van der Waals surface area contributed by atoms with Gasteiger partial charge >= 0.3 is 11.8 Å². The summed E-state index contributed by atoms with van der Waals surface area (Å²) in [5, 5.41) is 5.04. The SMILES string of the molecule is COc1cc(NC(=O)C(=O)Nc2ccc(OC(C)C)cc2)cc(OC)c1OC. The summed E-state index contributed by atoms with van der Waals surface area (Å²) in [4.78, 5) is 24.4. The highest BCUT2D eigenvalue weighted by Crippen LogP contribution is 2.39. The number of hydrogen-bond donors (Lipinski definition) is 2. The molecule has 150 valence electrons. The molecule has 8 heteroatoms. The van der Waals surface area contributed by atoms with E-state index in [9.17, 15) is 9.59 Å². The van der Waals surface area contributed by atoms with Gasteiger partial charge in [-0.15, -0.1) is 0 Å². The molecule has 2 rings (SSSR count). The predicted octanol–water partition coefficient (Wildman–Crippen LogP) is 3.08. The molecule has 0 aliphatic carbocycles. The minimum Gasteiger partial charge on any atom is -0.493 e. The number of anilines is 2. The zero-order valence-corrected chi connectivity index (χ0v) is 16.5. The summed E-state index contributed by atoms with van der Waals surface area (Å²) in [7, 11) is 4.40. The standard InChI is InChI=1S/C20H24N2O6/c1-12(2)28-15-8-6-13(7-9-15)21-19(23)20(24)22-14-10-16(25-3)18(27-5)17(11-14)26-4/h6-12H,1-5H3,(H,21,23)(H,22,24). The van der Waals surface area contributed by atoms with Crippen molar-refractivity contribution in [2.24, 2.45) is 0 Å². The first-order valence-electron chi connectivity index (χ1n) is 8.57. The average Bonchev–Trinajstić information content (AvgIpc) is 2.68. The Morgan fingerprint density at radius 1 is 0.786 bits per heavy atom. The van der Waals surface area contributed by atoms with E-state index in [2.05, 4.69) is 10.6 Å². The van der Waals surface area contributed by atoms with Crippen molar-refractivity contribution in [3.05, 3.63) is 36.4 Å². The molecule has 0 bridgehead atoms. The first-order valence-corrected chi connectivity index (χ1v) is 8.57. The van der Waals surface area contributed by atoms with E-state index < -0.39 is 11.8 Å². The van der Waals surface area contributed by atoms with Crippen LogP contribution in [-0.2, 0) is 9.59 Å². The van der Waals surface area contributed by atoms with E-state index in [-0.39, 0.29) is 6.10 Å². The predicted molar refractivity (Wildman–Crippen MR) is 106 cm³/mol. The van der Waals surface area contributed by atoms with Gasteiger partial charge < -0.3 is 29.6 Å². The van der Waals surface area contributed by atoms with E-state index >= 15 is 0 Å². The molecule has 28 heavy (non-hydrogen) atoms. The van der Waals surface area contributed by atoms with Crippen LogP contribution in [0.5, 0.6) is 23.0 Å². The molecule has 0 unspecified atom stereocenters. The van der Waals surface area contributed by atoms with Gasteiger partial charge in [-0.25, -0.2) is 0 Å². The topological polar surface area (TPSA) is 95.1 Å². The van der Waals surface area contributed by atoms with Crippen molar-refractivity contribution in [2.75, 3.05) is 32.0 Å². The zero-order valence-electron chi connectivity index (χ0n) is 16.5. The maximum atomic E-state index is 12.2. The van der Waals surface area contributed by atoms with E-state index in [0.29, 0.717) is 34.4 Å². The van der Waals surface area contributed by atoms with Crippen LogP contribution in [0, 0.1) is 0 Å². The maximum Gasteiger partial charge on any atom is 0.314 e. The summed E-state index contributed by atoms with van der Waals surface area (Å²) in [6, 6.07) is 9.80. The normalized spacial score (nSPS) is 10.2. The lowest BCUT2D eigenvalue weighted by Crippen LogP contribution is -2.29. The Hall–Kier alpha value is -3.42. The van der Waals surface area contributed by atoms with Crippen molar-refractivity contribution >= 4 is 23.2 Å². The molecule has 0 saturated heterocycles. The molecule has 2 aromatic carbocycles. The number of benzene rings is 2. The Labute approximate surface area is 163 Å². The number of rotatable bonds is 7. The van der Waals surface area contributed by atoms with Gasteiger partial charge in [-0.3, -0.25) is 9.59 Å². The first-order chi connectivity index (χ1) is 13.4. The molecule has 0 aromatic heterocycles. The van der Waals surface area contributed by atoms with Gasteiger partial charge in [0.05, 0.1) is 27.4 Å². The van der Waals surface area contributed by atoms with Gasteiger partial charge in [0.15, 0.2) is 11.5 Å². The lowest BCUT2D eigenvalue weighted by Gasteiger charge is -2.14. The Balaban J connectivity index is 2.07. The van der Waals surface area contributed by atoms with Crippen molar-refractivity contribution in [1.29, 1.82) is 0 Å². The highest BCUT2D eigenvalue weighted by atomic mass is 16.5. The second-order valence-electron chi connectivity index (χ2n) is 6.01. The highest BCUT2D eigenvalue weighted by Gasteiger charge is 2.18. The molecule has 2 amide bonds. The van der Waals surface area contributed by atoms with Gasteiger partial charge in [-0.05, 0) is 38.1 Å². The van der Waals surface area contributed by atoms with E-state index in [1.165, 1.54) is 33.5 Å². The Morgan fingerprint density at radius 2 is 1.29 bits per heavy atom. The number of nitrogens with one attached hydrogen (secondary N) is 2. The van der Waals surface area contributed by atoms with Crippen LogP contribution in [0.2, 0.25) is 0 Å². The molecular formula is C20H24N2O6. The van der Waals surface area contributed by atoms with E-state index in [4.69, 9.17) is 18.9 Å². The number of ether oxygens (including phenoxy) is 4. The summed E-state index contributed by atoms with van der Waals surface area (Å²) >= 11 is 0. The maximum absolute atomic E-state index is 12.2.